The number of rotatable bonds is 22. The van der Waals surface area contributed by atoms with Crippen molar-refractivity contribution < 1.29 is 43.1 Å². The third-order valence-electron chi connectivity index (χ3n) is 3.94. The van der Waals surface area contributed by atoms with Gasteiger partial charge in [0.05, 0.1) is 85.0 Å². The predicted molar refractivity (Wildman–Crippen MR) is 122 cm³/mol. The molecule has 9 nitrogen and oxygen atoms in total. The van der Waals surface area contributed by atoms with Gasteiger partial charge in [0, 0.05) is 53.8 Å². The molecular weight excluding hydrogens is 427 g/mol. The largest absolute Gasteiger partial charge is 0.550 e. The number of aliphatic carboxylic acids is 1. The third-order valence-corrected chi connectivity index (χ3v) is 6.73. The van der Waals surface area contributed by atoms with Crippen LogP contribution in [0.2, 0.25) is 0 Å². The van der Waals surface area contributed by atoms with Crippen LogP contribution in [0.4, 0.5) is 0 Å². The summed E-state index contributed by atoms with van der Waals surface area (Å²) in [4.78, 5) is 10.0. The van der Waals surface area contributed by atoms with Crippen LogP contribution in [-0.4, -0.2) is 125 Å². The van der Waals surface area contributed by atoms with E-state index in [9.17, 15) is 9.90 Å². The van der Waals surface area contributed by atoms with E-state index in [0.717, 1.165) is 19.8 Å². The fourth-order valence-corrected chi connectivity index (χ4v) is 3.43. The quantitative estimate of drug-likeness (QED) is 0.167. The van der Waals surface area contributed by atoms with Crippen LogP contribution in [0.1, 0.15) is 13.3 Å². The van der Waals surface area contributed by atoms with E-state index in [1.165, 1.54) is 12.3 Å². The molecule has 0 aromatic rings. The Morgan fingerprint density at radius 3 is 1.45 bits per heavy atom. The van der Waals surface area contributed by atoms with Gasteiger partial charge in [0.1, 0.15) is 0 Å². The van der Waals surface area contributed by atoms with Crippen molar-refractivity contribution in [2.75, 3.05) is 119 Å². The second-order valence-electron chi connectivity index (χ2n) is 7.14. The number of carboxylic acid groups (broad SMARTS) is 1. The molecule has 188 valence electrons. The zero-order valence-electron chi connectivity index (χ0n) is 20.2. The monoisotopic (exact) mass is 472 g/mol. The van der Waals surface area contributed by atoms with E-state index in [1.54, 1.807) is 14.2 Å². The Morgan fingerprint density at radius 2 is 1.03 bits per heavy atom. The van der Waals surface area contributed by atoms with Crippen molar-refractivity contribution in [1.29, 1.82) is 0 Å². The lowest BCUT2D eigenvalue weighted by molar-refractivity contribution is -0.306. The van der Waals surface area contributed by atoms with Gasteiger partial charge in [-0.2, -0.15) is 0 Å². The maximum Gasteiger partial charge on any atom is 0.0823 e. The lowest BCUT2D eigenvalue weighted by Crippen LogP contribution is -2.24. The maximum atomic E-state index is 10.0. The Bertz CT molecular complexity index is 371. The fourth-order valence-electron chi connectivity index (χ4n) is 1.96. The highest BCUT2D eigenvalue weighted by Crippen LogP contribution is 2.50. The van der Waals surface area contributed by atoms with Gasteiger partial charge >= 0.3 is 0 Å². The molecule has 0 aromatic carbocycles. The molecule has 0 N–H and O–H groups in total. The molecule has 31 heavy (non-hydrogen) atoms. The summed E-state index contributed by atoms with van der Waals surface area (Å²) < 4.78 is 35.9. The number of carbonyl (C=O) groups is 1. The number of hydrogen-bond acceptors (Lipinski definition) is 9. The summed E-state index contributed by atoms with van der Waals surface area (Å²) in [5.74, 6) is -1.10. The van der Waals surface area contributed by atoms with Gasteiger partial charge in [-0.1, -0.05) is 0 Å². The van der Waals surface area contributed by atoms with E-state index >= 15 is 0 Å². The first-order valence-corrected chi connectivity index (χ1v) is 13.8. The Hall–Kier alpha value is -0.380. The second kappa shape index (κ2) is 25.9. The SMILES string of the molecule is CCOCC[P+](C)(C)CCOCCOC.COCCOCCOCCOCCC(=O)[O-]. The molecule has 0 aliphatic heterocycles. The minimum absolute atomic E-state index is 0.0832. The maximum absolute atomic E-state index is 10.0. The van der Waals surface area contributed by atoms with Crippen molar-refractivity contribution in [3.05, 3.63) is 0 Å². The van der Waals surface area contributed by atoms with E-state index in [0.29, 0.717) is 52.9 Å². The van der Waals surface area contributed by atoms with Crippen LogP contribution in [0, 0.1) is 0 Å². The zero-order valence-corrected chi connectivity index (χ0v) is 21.1. The van der Waals surface area contributed by atoms with E-state index in [2.05, 4.69) is 13.3 Å². The highest BCUT2D eigenvalue weighted by atomic mass is 31.2. The molecule has 0 atom stereocenters. The smallest absolute Gasteiger partial charge is 0.0823 e. The summed E-state index contributed by atoms with van der Waals surface area (Å²) in [6.45, 7) is 13.9. The van der Waals surface area contributed by atoms with Crippen LogP contribution in [0.15, 0.2) is 0 Å². The standard InChI is InChI=1S/C11H26O3P.C10H20O6/c1-5-13-8-10-15(3,4)11-9-14-7-6-12-2;1-13-4-5-15-8-9-16-7-6-14-3-2-10(11)12/h5-11H2,1-4H3;2-9H2,1H3,(H,11,12)/q+1;/p-1. The summed E-state index contributed by atoms with van der Waals surface area (Å²) in [5, 5.41) is 10.0. The third kappa shape index (κ3) is 31.9. The Balaban J connectivity index is 0. The second-order valence-corrected chi connectivity index (χ2v) is 11.9. The topological polar surface area (TPSA) is 105 Å². The van der Waals surface area contributed by atoms with Gasteiger partial charge in [0.2, 0.25) is 0 Å². The molecule has 0 unspecified atom stereocenters. The van der Waals surface area contributed by atoms with Crippen molar-refractivity contribution >= 4 is 13.2 Å². The molecule has 0 bridgehead atoms. The van der Waals surface area contributed by atoms with E-state index in [1.807, 2.05) is 6.92 Å². The number of carboxylic acids is 1. The first-order chi connectivity index (χ1) is 14.9. The average molecular weight is 473 g/mol. The molecule has 0 saturated heterocycles. The lowest BCUT2D eigenvalue weighted by Gasteiger charge is -2.17. The zero-order chi connectivity index (χ0) is 23.6. The molecule has 0 amide bonds. The summed E-state index contributed by atoms with van der Waals surface area (Å²) in [6, 6.07) is 0. The van der Waals surface area contributed by atoms with Gasteiger partial charge in [0.15, 0.2) is 0 Å². The molecule has 0 heterocycles. The van der Waals surface area contributed by atoms with Crippen molar-refractivity contribution in [1.82, 2.24) is 0 Å². The molecule has 0 aliphatic carbocycles. The van der Waals surface area contributed by atoms with Crippen molar-refractivity contribution in [3.63, 3.8) is 0 Å². The molecular formula is C21H45O9P. The molecule has 0 saturated carbocycles. The van der Waals surface area contributed by atoms with Gasteiger partial charge in [0.25, 0.3) is 0 Å². The van der Waals surface area contributed by atoms with Gasteiger partial charge in [-0.05, 0) is 6.92 Å². The van der Waals surface area contributed by atoms with Crippen LogP contribution < -0.4 is 5.11 Å². The molecule has 0 aliphatic rings. The normalized spacial score (nSPS) is 11.3. The predicted octanol–water partition coefficient (Wildman–Crippen LogP) is 0.786. The summed E-state index contributed by atoms with van der Waals surface area (Å²) in [5.41, 5.74) is 0. The minimum Gasteiger partial charge on any atom is -0.550 e. The van der Waals surface area contributed by atoms with Crippen molar-refractivity contribution in [2.24, 2.45) is 0 Å². The van der Waals surface area contributed by atoms with Gasteiger partial charge in [-0.3, -0.25) is 0 Å². The summed E-state index contributed by atoms with van der Waals surface area (Å²) >= 11 is 0. The minimum atomic E-state index is -1.10. The number of carbonyl (C=O) groups excluding carboxylic acids is 1. The molecule has 0 rings (SSSR count). The molecule has 0 spiro atoms. The first kappa shape index (κ1) is 32.8. The van der Waals surface area contributed by atoms with Crippen LogP contribution in [0.3, 0.4) is 0 Å². The van der Waals surface area contributed by atoms with E-state index in [4.69, 9.17) is 33.2 Å². The highest BCUT2D eigenvalue weighted by molar-refractivity contribution is 7.74. The van der Waals surface area contributed by atoms with Crippen LogP contribution >= 0.6 is 7.26 Å². The van der Waals surface area contributed by atoms with Gasteiger partial charge < -0.3 is 43.1 Å². The number of methoxy groups -OCH3 is 2. The fraction of sp³-hybridized carbons (Fsp3) is 0.952. The lowest BCUT2D eigenvalue weighted by atomic mass is 10.5. The molecule has 0 fully saturated rings. The summed E-state index contributed by atoms with van der Waals surface area (Å²) in [7, 11) is 2.50. The van der Waals surface area contributed by atoms with Crippen LogP contribution in [0.25, 0.3) is 0 Å². The van der Waals surface area contributed by atoms with Crippen LogP contribution in [-0.2, 0) is 38.0 Å². The average Bonchev–Trinajstić information content (AvgIpc) is 2.72. The first-order valence-electron chi connectivity index (χ1n) is 10.8. The number of ether oxygens (including phenoxy) is 7. The van der Waals surface area contributed by atoms with Gasteiger partial charge in [-0.25, -0.2) is 0 Å². The molecule has 0 aromatic heterocycles. The van der Waals surface area contributed by atoms with Crippen molar-refractivity contribution in [2.45, 2.75) is 13.3 Å². The Kier molecular flexibility index (Phi) is 27.4. The van der Waals surface area contributed by atoms with Crippen molar-refractivity contribution in [3.8, 4) is 0 Å². The Morgan fingerprint density at radius 1 is 0.645 bits per heavy atom. The summed E-state index contributed by atoms with van der Waals surface area (Å²) in [6.07, 6.45) is 2.30. The molecule has 0 radical (unpaired) electrons. The van der Waals surface area contributed by atoms with Gasteiger partial charge in [-0.15, -0.1) is 0 Å². The highest BCUT2D eigenvalue weighted by Gasteiger charge is 2.23. The van der Waals surface area contributed by atoms with E-state index in [-0.39, 0.29) is 13.0 Å². The molecule has 10 heteroatoms. The Labute approximate surface area is 189 Å². The van der Waals surface area contributed by atoms with E-state index < -0.39 is 13.2 Å². The van der Waals surface area contributed by atoms with Crippen LogP contribution in [0.5, 0.6) is 0 Å². The number of hydrogen-bond donors (Lipinski definition) is 0.